The van der Waals surface area contributed by atoms with E-state index in [1.165, 1.54) is 18.4 Å². The molecular weight excluding hydrogens is 336 g/mol. The summed E-state index contributed by atoms with van der Waals surface area (Å²) in [7, 11) is 1.23. The Kier molecular flexibility index (Phi) is 15.7. The van der Waals surface area contributed by atoms with Gasteiger partial charge in [0, 0.05) is 6.04 Å². The van der Waals surface area contributed by atoms with Crippen LogP contribution in [0.1, 0.15) is 67.7 Å². The summed E-state index contributed by atoms with van der Waals surface area (Å²) < 4.78 is 9.52. The normalized spacial score (nSPS) is 21.2. The Bertz CT molecular complexity index is 415. The van der Waals surface area contributed by atoms with Gasteiger partial charge in [-0.15, -0.1) is 0 Å². The molecule has 0 spiro atoms. The van der Waals surface area contributed by atoms with Gasteiger partial charge in [-0.3, -0.25) is 4.79 Å². The Morgan fingerprint density at radius 2 is 1.62 bits per heavy atom. The molecule has 154 valence electrons. The van der Waals surface area contributed by atoms with E-state index in [-0.39, 0.29) is 37.0 Å². The van der Waals surface area contributed by atoms with Gasteiger partial charge < -0.3 is 19.7 Å². The van der Waals surface area contributed by atoms with E-state index >= 15 is 0 Å². The number of ether oxygens (including phenoxy) is 2. The lowest BCUT2D eigenvalue weighted by Gasteiger charge is -2.42. The summed E-state index contributed by atoms with van der Waals surface area (Å²) in [5.41, 5.74) is 0. The Labute approximate surface area is 158 Å². The van der Waals surface area contributed by atoms with Gasteiger partial charge in [-0.2, -0.15) is 0 Å². The quantitative estimate of drug-likeness (QED) is 0.763. The SMILES string of the molecule is CC.CCC.CCOC(=O)[C@@H]1[C@H](C)CC[C@H](C)N1C(=O)CNC(=O)OC. The minimum atomic E-state index is -0.672. The molecule has 2 amide bonds. The molecule has 0 aromatic rings. The van der Waals surface area contributed by atoms with Gasteiger partial charge >= 0.3 is 12.1 Å². The molecule has 7 heteroatoms. The Balaban J connectivity index is 0. The molecule has 0 aromatic heterocycles. The standard InChI is InChI=1S/C14H24N2O5.C3H8.C2H6/c1-5-21-13(18)12-9(2)6-7-10(3)16(12)11(17)8-15-14(19)20-4;1-3-2;1-2/h9-10,12H,5-8H2,1-4H3,(H,15,19);3H2,1-2H3;1-2H3/t9-,10+,12+;;/m1../s1. The zero-order chi connectivity index (χ0) is 20.7. The van der Waals surface area contributed by atoms with E-state index in [1.54, 1.807) is 6.92 Å². The van der Waals surface area contributed by atoms with Gasteiger partial charge in [-0.25, -0.2) is 9.59 Å². The molecule has 1 saturated heterocycles. The van der Waals surface area contributed by atoms with Crippen molar-refractivity contribution in [2.45, 2.75) is 79.8 Å². The van der Waals surface area contributed by atoms with Crippen LogP contribution in [0.25, 0.3) is 0 Å². The number of esters is 1. The molecule has 1 aliphatic heterocycles. The highest BCUT2D eigenvalue weighted by molar-refractivity contribution is 5.88. The maximum atomic E-state index is 12.3. The summed E-state index contributed by atoms with van der Waals surface area (Å²) in [5, 5.41) is 2.35. The monoisotopic (exact) mass is 374 g/mol. The highest BCUT2D eigenvalue weighted by atomic mass is 16.5. The van der Waals surface area contributed by atoms with Crippen molar-refractivity contribution in [3.8, 4) is 0 Å². The third-order valence-corrected chi connectivity index (χ3v) is 3.74. The average molecular weight is 375 g/mol. The van der Waals surface area contributed by atoms with Crippen molar-refractivity contribution in [3.05, 3.63) is 0 Å². The van der Waals surface area contributed by atoms with Crippen molar-refractivity contribution in [2.24, 2.45) is 5.92 Å². The van der Waals surface area contributed by atoms with E-state index < -0.39 is 12.1 Å². The van der Waals surface area contributed by atoms with Gasteiger partial charge in [-0.1, -0.05) is 41.0 Å². The number of hydrogen-bond acceptors (Lipinski definition) is 5. The highest BCUT2D eigenvalue weighted by Gasteiger charge is 2.41. The van der Waals surface area contributed by atoms with Crippen molar-refractivity contribution >= 4 is 18.0 Å². The number of alkyl carbamates (subject to hydrolysis) is 1. The number of hydrogen-bond donors (Lipinski definition) is 1. The average Bonchev–Trinajstić information content (AvgIpc) is 2.63. The molecule has 1 fully saturated rings. The van der Waals surface area contributed by atoms with Crippen molar-refractivity contribution in [1.82, 2.24) is 10.2 Å². The summed E-state index contributed by atoms with van der Waals surface area (Å²) in [6.07, 6.45) is 2.26. The van der Waals surface area contributed by atoms with Crippen LogP contribution in [0, 0.1) is 5.92 Å². The lowest BCUT2D eigenvalue weighted by atomic mass is 9.87. The van der Waals surface area contributed by atoms with Gasteiger partial charge in [0.15, 0.2) is 0 Å². The lowest BCUT2D eigenvalue weighted by molar-refractivity contribution is -0.161. The predicted molar refractivity (Wildman–Crippen MR) is 103 cm³/mol. The van der Waals surface area contributed by atoms with Gasteiger partial charge in [0.2, 0.25) is 5.91 Å². The van der Waals surface area contributed by atoms with Gasteiger partial charge in [0.1, 0.15) is 12.6 Å². The first-order valence-corrected chi connectivity index (χ1v) is 9.63. The topological polar surface area (TPSA) is 84.9 Å². The second-order valence-electron chi connectivity index (χ2n) is 5.95. The third kappa shape index (κ3) is 9.06. The Morgan fingerprint density at radius 3 is 2.08 bits per heavy atom. The second-order valence-corrected chi connectivity index (χ2v) is 5.95. The van der Waals surface area contributed by atoms with Crippen LogP contribution in [-0.2, 0) is 19.1 Å². The molecule has 1 aliphatic rings. The minimum absolute atomic E-state index is 0.0299. The second kappa shape index (κ2) is 15.5. The molecule has 0 bridgehead atoms. The largest absolute Gasteiger partial charge is 0.464 e. The Morgan fingerprint density at radius 1 is 1.08 bits per heavy atom. The van der Waals surface area contributed by atoms with Crippen LogP contribution in [-0.4, -0.2) is 55.2 Å². The van der Waals surface area contributed by atoms with Gasteiger partial charge in [0.25, 0.3) is 0 Å². The van der Waals surface area contributed by atoms with Crippen molar-refractivity contribution in [1.29, 1.82) is 0 Å². The highest BCUT2D eigenvalue weighted by Crippen LogP contribution is 2.28. The van der Waals surface area contributed by atoms with Crippen LogP contribution in [0.15, 0.2) is 0 Å². The molecule has 1 heterocycles. The molecule has 1 rings (SSSR count). The maximum absolute atomic E-state index is 12.3. The first-order chi connectivity index (χ1) is 12.3. The number of piperidine rings is 1. The molecule has 0 aromatic carbocycles. The molecule has 0 radical (unpaired) electrons. The van der Waals surface area contributed by atoms with E-state index in [0.29, 0.717) is 0 Å². The van der Waals surface area contributed by atoms with E-state index in [0.717, 1.165) is 12.8 Å². The predicted octanol–water partition coefficient (Wildman–Crippen LogP) is 3.36. The van der Waals surface area contributed by atoms with Crippen LogP contribution in [0.5, 0.6) is 0 Å². The summed E-state index contributed by atoms with van der Waals surface area (Å²) >= 11 is 0. The fraction of sp³-hybridized carbons (Fsp3) is 0.842. The molecule has 26 heavy (non-hydrogen) atoms. The van der Waals surface area contributed by atoms with Crippen LogP contribution < -0.4 is 5.32 Å². The zero-order valence-electron chi connectivity index (χ0n) is 17.8. The number of likely N-dealkylation sites (tertiary alicyclic amines) is 1. The third-order valence-electron chi connectivity index (χ3n) is 3.74. The fourth-order valence-electron chi connectivity index (χ4n) is 2.64. The van der Waals surface area contributed by atoms with Crippen LogP contribution in [0.3, 0.4) is 0 Å². The number of carbonyl (C=O) groups excluding carboxylic acids is 3. The van der Waals surface area contributed by atoms with Crippen LogP contribution in [0.4, 0.5) is 4.79 Å². The summed E-state index contributed by atoms with van der Waals surface area (Å²) in [4.78, 5) is 37.1. The first-order valence-electron chi connectivity index (χ1n) is 9.63. The minimum Gasteiger partial charge on any atom is -0.464 e. The molecule has 0 aliphatic carbocycles. The number of methoxy groups -OCH3 is 1. The zero-order valence-corrected chi connectivity index (χ0v) is 17.8. The smallest absolute Gasteiger partial charge is 0.407 e. The van der Waals surface area contributed by atoms with Crippen molar-refractivity contribution in [2.75, 3.05) is 20.3 Å². The molecule has 7 nitrogen and oxygen atoms in total. The number of nitrogens with one attached hydrogen (secondary N) is 1. The Hall–Kier alpha value is -1.79. The van der Waals surface area contributed by atoms with Crippen molar-refractivity contribution < 1.29 is 23.9 Å². The van der Waals surface area contributed by atoms with Gasteiger partial charge in [0.05, 0.1) is 13.7 Å². The lowest BCUT2D eigenvalue weighted by Crippen LogP contribution is -2.58. The summed E-state index contributed by atoms with van der Waals surface area (Å²) in [6, 6.07) is -0.664. The number of nitrogens with zero attached hydrogens (tertiary/aromatic N) is 1. The van der Waals surface area contributed by atoms with E-state index in [9.17, 15) is 14.4 Å². The molecule has 1 N–H and O–H groups in total. The van der Waals surface area contributed by atoms with Crippen LogP contribution >= 0.6 is 0 Å². The van der Waals surface area contributed by atoms with E-state index in [4.69, 9.17) is 4.74 Å². The van der Waals surface area contributed by atoms with Crippen molar-refractivity contribution in [3.63, 3.8) is 0 Å². The molecular formula is C19H38N2O5. The summed E-state index contributed by atoms with van der Waals surface area (Å²) in [5.74, 6) is -0.664. The first kappa shape index (κ1) is 26.4. The number of carbonyl (C=O) groups is 3. The van der Waals surface area contributed by atoms with E-state index in [2.05, 4.69) is 23.9 Å². The molecule has 0 saturated carbocycles. The molecule has 3 atom stereocenters. The van der Waals surface area contributed by atoms with Gasteiger partial charge in [-0.05, 0) is 32.6 Å². The summed E-state index contributed by atoms with van der Waals surface area (Å²) in [6.45, 7) is 13.9. The fourth-order valence-corrected chi connectivity index (χ4v) is 2.64. The number of rotatable bonds is 4. The number of amides is 2. The maximum Gasteiger partial charge on any atom is 0.407 e. The molecule has 0 unspecified atom stereocenters. The van der Waals surface area contributed by atoms with E-state index in [1.807, 2.05) is 27.7 Å². The van der Waals surface area contributed by atoms with Crippen LogP contribution in [0.2, 0.25) is 0 Å².